The average molecular weight is 338 g/mol. The Bertz CT molecular complexity index is 606. The van der Waals surface area contributed by atoms with Crippen molar-refractivity contribution < 1.29 is 0 Å². The summed E-state index contributed by atoms with van der Waals surface area (Å²) in [6.07, 6.45) is 0. The lowest BCUT2D eigenvalue weighted by atomic mass is 10.0. The van der Waals surface area contributed by atoms with Crippen LogP contribution in [0.4, 0.5) is 11.4 Å². The number of hydrogen-bond donors (Lipinski definition) is 0. The van der Waals surface area contributed by atoms with Gasteiger partial charge >= 0.3 is 0 Å². The third kappa shape index (κ3) is 4.41. The van der Waals surface area contributed by atoms with Gasteiger partial charge in [0.05, 0.1) is 5.71 Å². The zero-order valence-corrected chi connectivity index (χ0v) is 16.3. The molecule has 0 bridgehead atoms. The molecule has 0 aromatic heterocycles. The second-order valence-corrected chi connectivity index (χ2v) is 6.01. The molecule has 0 unspecified atom stereocenters. The number of nitrogens with zero attached hydrogens (tertiary/aromatic N) is 3. The first kappa shape index (κ1) is 19.0. The zero-order valence-electron chi connectivity index (χ0n) is 16.3. The van der Waals surface area contributed by atoms with Crippen LogP contribution < -0.4 is 9.80 Å². The van der Waals surface area contributed by atoms with E-state index in [9.17, 15) is 0 Å². The van der Waals surface area contributed by atoms with Gasteiger partial charge in [-0.15, -0.1) is 0 Å². The molecule has 2 aromatic carbocycles. The number of anilines is 2. The van der Waals surface area contributed by atoms with Crippen LogP contribution in [0.1, 0.15) is 38.8 Å². The number of rotatable bonds is 8. The Labute approximate surface area is 153 Å². The predicted molar refractivity (Wildman–Crippen MR) is 112 cm³/mol. The monoisotopic (exact) mass is 337 g/mol. The maximum atomic E-state index is 4.55. The van der Waals surface area contributed by atoms with Gasteiger partial charge < -0.3 is 9.80 Å². The number of benzene rings is 2. The Kier molecular flexibility index (Phi) is 7.05. The van der Waals surface area contributed by atoms with Gasteiger partial charge in [-0.3, -0.25) is 4.99 Å². The van der Waals surface area contributed by atoms with Gasteiger partial charge in [0.25, 0.3) is 0 Å². The quantitative estimate of drug-likeness (QED) is 0.642. The van der Waals surface area contributed by atoms with E-state index in [0.717, 1.165) is 43.0 Å². The Hall–Kier alpha value is -2.29. The standard InChI is InChI=1S/C22H31N3/c1-6-24(7-2)20-14-10-18(11-15-20)22(23-5)19-12-16-21(17-13-19)25(8-3)9-4/h10-17H,6-9H2,1-5H3. The summed E-state index contributed by atoms with van der Waals surface area (Å²) in [5.74, 6) is 0. The van der Waals surface area contributed by atoms with E-state index in [4.69, 9.17) is 0 Å². The molecule has 0 amide bonds. The minimum Gasteiger partial charge on any atom is -0.372 e. The van der Waals surface area contributed by atoms with Gasteiger partial charge in [0.15, 0.2) is 0 Å². The summed E-state index contributed by atoms with van der Waals surface area (Å²) >= 11 is 0. The van der Waals surface area contributed by atoms with Crippen molar-refractivity contribution in [3.8, 4) is 0 Å². The summed E-state index contributed by atoms with van der Waals surface area (Å²) in [4.78, 5) is 9.25. The lowest BCUT2D eigenvalue weighted by Crippen LogP contribution is -2.22. The van der Waals surface area contributed by atoms with Crippen LogP contribution in [-0.4, -0.2) is 38.9 Å². The molecule has 0 spiro atoms. The highest BCUT2D eigenvalue weighted by molar-refractivity contribution is 6.13. The predicted octanol–water partition coefficient (Wildman–Crippen LogP) is 4.85. The Morgan fingerprint density at radius 1 is 0.640 bits per heavy atom. The minimum absolute atomic E-state index is 1.03. The van der Waals surface area contributed by atoms with Crippen molar-refractivity contribution in [2.45, 2.75) is 27.7 Å². The Morgan fingerprint density at radius 2 is 0.960 bits per heavy atom. The fourth-order valence-electron chi connectivity index (χ4n) is 3.26. The van der Waals surface area contributed by atoms with E-state index in [1.807, 2.05) is 7.05 Å². The molecular formula is C22H31N3. The van der Waals surface area contributed by atoms with Crippen molar-refractivity contribution in [1.82, 2.24) is 0 Å². The molecule has 0 saturated carbocycles. The van der Waals surface area contributed by atoms with Crippen LogP contribution >= 0.6 is 0 Å². The third-order valence-corrected chi connectivity index (χ3v) is 4.76. The van der Waals surface area contributed by atoms with Crippen molar-refractivity contribution >= 4 is 17.1 Å². The number of hydrogen-bond acceptors (Lipinski definition) is 3. The average Bonchev–Trinajstić information content (AvgIpc) is 2.67. The molecule has 0 aliphatic heterocycles. The summed E-state index contributed by atoms with van der Waals surface area (Å²) in [5, 5.41) is 0. The van der Waals surface area contributed by atoms with Gasteiger partial charge in [-0.2, -0.15) is 0 Å². The van der Waals surface area contributed by atoms with Crippen molar-refractivity contribution in [3.05, 3.63) is 59.7 Å². The molecule has 2 rings (SSSR count). The lowest BCUT2D eigenvalue weighted by Gasteiger charge is -2.22. The first-order valence-electron chi connectivity index (χ1n) is 9.35. The molecule has 3 nitrogen and oxygen atoms in total. The van der Waals surface area contributed by atoms with E-state index < -0.39 is 0 Å². The summed E-state index contributed by atoms with van der Waals surface area (Å²) in [6.45, 7) is 12.9. The normalized spacial score (nSPS) is 10.4. The molecule has 0 saturated heterocycles. The maximum absolute atomic E-state index is 4.55. The molecule has 0 radical (unpaired) electrons. The van der Waals surface area contributed by atoms with Gasteiger partial charge in [-0.25, -0.2) is 0 Å². The number of aliphatic imine (C=N–C) groups is 1. The van der Waals surface area contributed by atoms with Gasteiger partial charge in [-0.05, 0) is 52.0 Å². The minimum atomic E-state index is 1.03. The van der Waals surface area contributed by atoms with E-state index >= 15 is 0 Å². The highest BCUT2D eigenvalue weighted by Crippen LogP contribution is 2.20. The van der Waals surface area contributed by atoms with Crippen molar-refractivity contribution in [2.24, 2.45) is 4.99 Å². The third-order valence-electron chi connectivity index (χ3n) is 4.76. The molecule has 2 aromatic rings. The van der Waals surface area contributed by atoms with Gasteiger partial charge in [0.2, 0.25) is 0 Å². The van der Waals surface area contributed by atoms with E-state index in [1.54, 1.807) is 0 Å². The molecule has 134 valence electrons. The van der Waals surface area contributed by atoms with Crippen LogP contribution in [0.25, 0.3) is 0 Å². The van der Waals surface area contributed by atoms with Crippen LogP contribution in [0, 0.1) is 0 Å². The Balaban J connectivity index is 2.25. The molecular weight excluding hydrogens is 306 g/mol. The van der Waals surface area contributed by atoms with Crippen LogP contribution in [-0.2, 0) is 0 Å². The maximum Gasteiger partial charge on any atom is 0.0715 e. The summed E-state index contributed by atoms with van der Waals surface area (Å²) in [5.41, 5.74) is 5.89. The summed E-state index contributed by atoms with van der Waals surface area (Å²) < 4.78 is 0. The first-order valence-corrected chi connectivity index (χ1v) is 9.35. The van der Waals surface area contributed by atoms with Crippen molar-refractivity contribution in [1.29, 1.82) is 0 Å². The highest BCUT2D eigenvalue weighted by atomic mass is 15.1. The molecule has 3 heteroatoms. The summed E-state index contributed by atoms with van der Waals surface area (Å²) in [6, 6.07) is 17.5. The second kappa shape index (κ2) is 9.26. The highest BCUT2D eigenvalue weighted by Gasteiger charge is 2.09. The fourth-order valence-corrected chi connectivity index (χ4v) is 3.26. The lowest BCUT2D eigenvalue weighted by molar-refractivity contribution is 0.866. The van der Waals surface area contributed by atoms with Crippen LogP contribution in [0.5, 0.6) is 0 Å². The topological polar surface area (TPSA) is 18.8 Å². The van der Waals surface area contributed by atoms with E-state index in [0.29, 0.717) is 0 Å². The summed E-state index contributed by atoms with van der Waals surface area (Å²) in [7, 11) is 1.87. The van der Waals surface area contributed by atoms with E-state index in [2.05, 4.69) is 91.0 Å². The van der Waals surface area contributed by atoms with Gasteiger partial charge in [0.1, 0.15) is 0 Å². The van der Waals surface area contributed by atoms with Gasteiger partial charge in [0, 0.05) is 55.7 Å². The molecule has 0 heterocycles. The molecule has 0 aliphatic carbocycles. The van der Waals surface area contributed by atoms with E-state index in [-0.39, 0.29) is 0 Å². The molecule has 25 heavy (non-hydrogen) atoms. The van der Waals surface area contributed by atoms with Crippen LogP contribution in [0.3, 0.4) is 0 Å². The largest absolute Gasteiger partial charge is 0.372 e. The van der Waals surface area contributed by atoms with Crippen LogP contribution in [0.2, 0.25) is 0 Å². The zero-order chi connectivity index (χ0) is 18.2. The Morgan fingerprint density at radius 3 is 1.20 bits per heavy atom. The fraction of sp³-hybridized carbons (Fsp3) is 0.409. The van der Waals surface area contributed by atoms with Gasteiger partial charge in [-0.1, -0.05) is 24.3 Å². The van der Waals surface area contributed by atoms with Crippen LogP contribution in [0.15, 0.2) is 53.5 Å². The molecule has 0 N–H and O–H groups in total. The first-order chi connectivity index (χ1) is 12.2. The smallest absolute Gasteiger partial charge is 0.0715 e. The second-order valence-electron chi connectivity index (χ2n) is 6.01. The molecule has 0 atom stereocenters. The van der Waals surface area contributed by atoms with Crippen molar-refractivity contribution in [3.63, 3.8) is 0 Å². The molecule has 0 aliphatic rings. The van der Waals surface area contributed by atoms with Crippen molar-refractivity contribution in [2.75, 3.05) is 43.0 Å². The van der Waals surface area contributed by atoms with E-state index in [1.165, 1.54) is 11.4 Å². The molecule has 0 fully saturated rings. The SMILES string of the molecule is CCN(CC)c1ccc(C(=NC)c2ccc(N(CC)CC)cc2)cc1.